The van der Waals surface area contributed by atoms with Crippen molar-refractivity contribution in [2.45, 2.75) is 38.7 Å². The lowest BCUT2D eigenvalue weighted by atomic mass is 9.92. The number of carbonyl (C=O) groups is 1. The van der Waals surface area contributed by atoms with Crippen molar-refractivity contribution in [3.63, 3.8) is 0 Å². The monoisotopic (exact) mass is 403 g/mol. The number of rotatable bonds is 4. The minimum absolute atomic E-state index is 0.185. The standard InChI is InChI=1S/C21H26ClN3O3/c1-21(2,3)28-20(26)24-12-14-9-10-27-18-11-16(6-7-17(14)18)25(4)19-8-5-15(22)13-23-19/h5-8,11,13-14H,9-10,12H2,1-4H3,(H,24,26)/t14-/m0/s1. The number of nitrogens with one attached hydrogen (secondary N) is 1. The molecule has 0 saturated heterocycles. The fourth-order valence-electron chi connectivity index (χ4n) is 3.09. The Labute approximate surface area is 170 Å². The van der Waals surface area contributed by atoms with Gasteiger partial charge in [0.2, 0.25) is 0 Å². The molecule has 0 bridgehead atoms. The molecule has 0 spiro atoms. The largest absolute Gasteiger partial charge is 0.493 e. The van der Waals surface area contributed by atoms with Gasteiger partial charge in [0, 0.05) is 37.5 Å². The first-order valence-corrected chi connectivity index (χ1v) is 9.69. The summed E-state index contributed by atoms with van der Waals surface area (Å²) in [6.45, 7) is 6.68. The van der Waals surface area contributed by atoms with Crippen LogP contribution in [0.25, 0.3) is 0 Å². The number of pyridine rings is 1. The maximum absolute atomic E-state index is 11.9. The van der Waals surface area contributed by atoms with Crippen molar-refractivity contribution in [3.8, 4) is 5.75 Å². The van der Waals surface area contributed by atoms with Crippen LogP contribution in [0.4, 0.5) is 16.3 Å². The SMILES string of the molecule is CN(c1ccc2c(c1)OCC[C@H]2CNC(=O)OC(C)(C)C)c1ccc(Cl)cn1. The fraction of sp³-hybridized carbons (Fsp3) is 0.429. The summed E-state index contributed by atoms with van der Waals surface area (Å²) in [5.41, 5.74) is 1.55. The number of amides is 1. The lowest BCUT2D eigenvalue weighted by Gasteiger charge is -2.28. The van der Waals surface area contributed by atoms with Crippen LogP contribution in [0, 0.1) is 0 Å². The van der Waals surface area contributed by atoms with Gasteiger partial charge in [0.1, 0.15) is 17.2 Å². The Hall–Kier alpha value is -2.47. The Morgan fingerprint density at radius 1 is 1.36 bits per heavy atom. The van der Waals surface area contributed by atoms with Crippen molar-refractivity contribution in [2.75, 3.05) is 25.1 Å². The van der Waals surface area contributed by atoms with Gasteiger partial charge in [0.15, 0.2) is 0 Å². The Morgan fingerprint density at radius 2 is 2.14 bits per heavy atom. The van der Waals surface area contributed by atoms with Crippen molar-refractivity contribution in [1.82, 2.24) is 10.3 Å². The van der Waals surface area contributed by atoms with Crippen molar-refractivity contribution in [2.24, 2.45) is 0 Å². The van der Waals surface area contributed by atoms with Gasteiger partial charge in [-0.15, -0.1) is 0 Å². The number of benzene rings is 1. The fourth-order valence-corrected chi connectivity index (χ4v) is 3.20. The third kappa shape index (κ3) is 5.07. The molecule has 1 N–H and O–H groups in total. The first kappa shape index (κ1) is 20.3. The number of halogens is 1. The van der Waals surface area contributed by atoms with E-state index in [1.54, 1.807) is 6.20 Å². The summed E-state index contributed by atoms with van der Waals surface area (Å²) in [5, 5.41) is 3.47. The van der Waals surface area contributed by atoms with Gasteiger partial charge in [0.05, 0.1) is 11.6 Å². The molecule has 3 rings (SSSR count). The number of fused-ring (bicyclic) bond motifs is 1. The number of ether oxygens (including phenoxy) is 2. The molecule has 0 fully saturated rings. The molecule has 0 saturated carbocycles. The third-order valence-corrected chi connectivity index (χ3v) is 4.72. The number of anilines is 2. The summed E-state index contributed by atoms with van der Waals surface area (Å²) in [6, 6.07) is 9.77. The molecule has 7 heteroatoms. The molecule has 1 aliphatic rings. The molecule has 6 nitrogen and oxygen atoms in total. The van der Waals surface area contributed by atoms with Gasteiger partial charge in [-0.1, -0.05) is 17.7 Å². The summed E-state index contributed by atoms with van der Waals surface area (Å²) >= 11 is 5.92. The van der Waals surface area contributed by atoms with E-state index < -0.39 is 11.7 Å². The van der Waals surface area contributed by atoms with E-state index in [-0.39, 0.29) is 5.92 Å². The quantitative estimate of drug-likeness (QED) is 0.787. The molecule has 1 aliphatic heterocycles. The van der Waals surface area contributed by atoms with E-state index >= 15 is 0 Å². The number of aromatic nitrogens is 1. The number of hydrogen-bond donors (Lipinski definition) is 1. The van der Waals surface area contributed by atoms with Gasteiger partial charge >= 0.3 is 6.09 Å². The summed E-state index contributed by atoms with van der Waals surface area (Å²) in [7, 11) is 1.95. The highest BCUT2D eigenvalue weighted by Gasteiger charge is 2.24. The molecule has 1 aromatic carbocycles. The minimum atomic E-state index is -0.507. The van der Waals surface area contributed by atoms with Crippen LogP contribution in [-0.2, 0) is 4.74 Å². The van der Waals surface area contributed by atoms with E-state index in [4.69, 9.17) is 21.1 Å². The lowest BCUT2D eigenvalue weighted by molar-refractivity contribution is 0.0521. The molecule has 0 unspecified atom stereocenters. The van der Waals surface area contributed by atoms with Crippen molar-refractivity contribution < 1.29 is 14.3 Å². The first-order chi connectivity index (χ1) is 13.2. The number of alkyl carbamates (subject to hydrolysis) is 1. The van der Waals surface area contributed by atoms with Crippen LogP contribution < -0.4 is 15.0 Å². The molecule has 150 valence electrons. The molecule has 1 aromatic heterocycles. The zero-order chi connectivity index (χ0) is 20.3. The van der Waals surface area contributed by atoms with Crippen molar-refractivity contribution >= 4 is 29.2 Å². The normalized spacial score (nSPS) is 16.0. The number of hydrogen-bond acceptors (Lipinski definition) is 5. The molecule has 2 aromatic rings. The van der Waals surface area contributed by atoms with Gasteiger partial charge in [-0.05, 0) is 51.0 Å². The molecular formula is C21H26ClN3O3. The molecule has 0 aliphatic carbocycles. The van der Waals surface area contributed by atoms with Crippen LogP contribution in [0.3, 0.4) is 0 Å². The summed E-state index contributed by atoms with van der Waals surface area (Å²) in [5.74, 6) is 1.81. The molecular weight excluding hydrogens is 378 g/mol. The van der Waals surface area contributed by atoms with E-state index in [0.717, 1.165) is 29.2 Å². The molecule has 2 heterocycles. The van der Waals surface area contributed by atoms with Crippen LogP contribution in [0.1, 0.15) is 38.7 Å². The van der Waals surface area contributed by atoms with Crippen LogP contribution in [0.15, 0.2) is 36.5 Å². The Kier molecular flexibility index (Phi) is 5.98. The van der Waals surface area contributed by atoms with Crippen molar-refractivity contribution in [3.05, 3.63) is 47.1 Å². The molecule has 0 radical (unpaired) electrons. The zero-order valence-electron chi connectivity index (χ0n) is 16.7. The van der Waals surface area contributed by atoms with E-state index in [2.05, 4.69) is 16.4 Å². The van der Waals surface area contributed by atoms with Gasteiger partial charge < -0.3 is 19.7 Å². The summed E-state index contributed by atoms with van der Waals surface area (Å²) in [4.78, 5) is 18.3. The first-order valence-electron chi connectivity index (χ1n) is 9.32. The highest BCUT2D eigenvalue weighted by molar-refractivity contribution is 6.30. The predicted octanol–water partition coefficient (Wildman–Crippen LogP) is 4.89. The van der Waals surface area contributed by atoms with Crippen LogP contribution >= 0.6 is 11.6 Å². The predicted molar refractivity (Wildman–Crippen MR) is 111 cm³/mol. The van der Waals surface area contributed by atoms with Gasteiger partial charge in [-0.2, -0.15) is 0 Å². The van der Waals surface area contributed by atoms with Crippen LogP contribution in [0.2, 0.25) is 5.02 Å². The van der Waals surface area contributed by atoms with Gasteiger partial charge in [0.25, 0.3) is 0 Å². The van der Waals surface area contributed by atoms with Crippen LogP contribution in [-0.4, -0.2) is 36.9 Å². The van der Waals surface area contributed by atoms with E-state index in [9.17, 15) is 4.79 Å². The molecule has 1 amide bonds. The Balaban J connectivity index is 1.71. The zero-order valence-corrected chi connectivity index (χ0v) is 17.4. The minimum Gasteiger partial charge on any atom is -0.493 e. The van der Waals surface area contributed by atoms with E-state index in [0.29, 0.717) is 18.2 Å². The van der Waals surface area contributed by atoms with Gasteiger partial charge in [-0.3, -0.25) is 0 Å². The topological polar surface area (TPSA) is 63.7 Å². The maximum Gasteiger partial charge on any atom is 0.407 e. The summed E-state index contributed by atoms with van der Waals surface area (Å²) < 4.78 is 11.2. The smallest absolute Gasteiger partial charge is 0.407 e. The highest BCUT2D eigenvalue weighted by Crippen LogP contribution is 2.37. The van der Waals surface area contributed by atoms with Crippen LogP contribution in [0.5, 0.6) is 5.75 Å². The number of carbonyl (C=O) groups excluding carboxylic acids is 1. The maximum atomic E-state index is 11.9. The second-order valence-electron chi connectivity index (χ2n) is 7.83. The van der Waals surface area contributed by atoms with E-state index in [1.165, 1.54) is 0 Å². The van der Waals surface area contributed by atoms with Gasteiger partial charge in [-0.25, -0.2) is 9.78 Å². The Bertz CT molecular complexity index is 834. The lowest BCUT2D eigenvalue weighted by Crippen LogP contribution is -2.35. The third-order valence-electron chi connectivity index (χ3n) is 4.50. The second kappa shape index (κ2) is 8.27. The average Bonchev–Trinajstić information content (AvgIpc) is 2.64. The van der Waals surface area contributed by atoms with Crippen molar-refractivity contribution in [1.29, 1.82) is 0 Å². The average molecular weight is 404 g/mol. The number of nitrogens with zero attached hydrogens (tertiary/aromatic N) is 2. The van der Waals surface area contributed by atoms with E-state index in [1.807, 2.05) is 57.0 Å². The highest BCUT2D eigenvalue weighted by atomic mass is 35.5. The summed E-state index contributed by atoms with van der Waals surface area (Å²) in [6.07, 6.45) is 2.07. The Morgan fingerprint density at radius 3 is 2.82 bits per heavy atom. The molecule has 28 heavy (non-hydrogen) atoms. The molecule has 1 atom stereocenters. The second-order valence-corrected chi connectivity index (χ2v) is 8.27.